The predicted octanol–water partition coefficient (Wildman–Crippen LogP) is 12.1. The molecule has 0 aliphatic rings. The van der Waals surface area contributed by atoms with Crippen LogP contribution in [0.5, 0.6) is 0 Å². The summed E-state index contributed by atoms with van der Waals surface area (Å²) in [7, 11) is -3.11. The summed E-state index contributed by atoms with van der Waals surface area (Å²) in [4.78, 5) is 0. The Morgan fingerprint density at radius 2 is 0.827 bits per heavy atom. The Morgan fingerprint density at radius 3 is 1.52 bits per heavy atom. The highest BCUT2D eigenvalue weighted by atomic mass is 31.2. The number of para-hydroxylation sites is 2. The summed E-state index contributed by atoms with van der Waals surface area (Å²) in [6, 6.07) is 63.7. The Balaban J connectivity index is 1.06. The predicted molar refractivity (Wildman–Crippen MR) is 217 cm³/mol. The van der Waals surface area contributed by atoms with Crippen LogP contribution in [0, 0.1) is 0 Å². The smallest absolute Gasteiger partial charge is 0.171 e. The summed E-state index contributed by atoms with van der Waals surface area (Å²) in [5.41, 5.74) is 9.90. The molecular formula is C48H31O3P. The maximum absolute atomic E-state index is 15.1. The lowest BCUT2D eigenvalue weighted by molar-refractivity contribution is 0.592. The van der Waals surface area contributed by atoms with Gasteiger partial charge in [0, 0.05) is 43.0 Å². The molecule has 0 amide bonds. The van der Waals surface area contributed by atoms with Gasteiger partial charge in [-0.05, 0) is 70.3 Å². The van der Waals surface area contributed by atoms with Crippen molar-refractivity contribution < 1.29 is 13.4 Å². The van der Waals surface area contributed by atoms with E-state index in [9.17, 15) is 0 Å². The van der Waals surface area contributed by atoms with Crippen LogP contribution in [-0.2, 0) is 4.57 Å². The summed E-state index contributed by atoms with van der Waals surface area (Å²) in [6.07, 6.45) is 0. The van der Waals surface area contributed by atoms with E-state index in [0.29, 0.717) is 0 Å². The molecule has 0 aliphatic heterocycles. The molecule has 0 N–H and O–H groups in total. The molecule has 0 saturated carbocycles. The van der Waals surface area contributed by atoms with Gasteiger partial charge in [0.15, 0.2) is 7.14 Å². The standard InChI is InChI=1S/C48H31O3P/c49-52(37-15-3-1-4-16-37,38-17-5-2-6-18-38)39-19-10-13-33(29-39)35-25-27-47-44(31-35)43-30-34(24-26-46(43)50-47)32-12-9-14-36(28-32)40-21-11-22-42-41-20-7-8-23-45(41)51-48(40)42/h1-31H. The minimum absolute atomic E-state index is 0.806. The Kier molecular flexibility index (Phi) is 7.09. The highest BCUT2D eigenvalue weighted by Crippen LogP contribution is 2.44. The number of rotatable bonds is 6. The van der Waals surface area contributed by atoms with Crippen molar-refractivity contribution in [1.29, 1.82) is 0 Å². The van der Waals surface area contributed by atoms with Gasteiger partial charge in [0.2, 0.25) is 0 Å². The third-order valence-corrected chi connectivity index (χ3v) is 13.2. The van der Waals surface area contributed by atoms with Crippen LogP contribution in [-0.4, -0.2) is 0 Å². The molecule has 52 heavy (non-hydrogen) atoms. The lowest BCUT2D eigenvalue weighted by atomic mass is 9.96. The van der Waals surface area contributed by atoms with Crippen molar-refractivity contribution in [3.63, 3.8) is 0 Å². The first-order valence-electron chi connectivity index (χ1n) is 17.4. The third-order valence-electron chi connectivity index (χ3n) is 10.2. The number of fused-ring (bicyclic) bond motifs is 6. The van der Waals surface area contributed by atoms with Gasteiger partial charge < -0.3 is 13.4 Å². The maximum atomic E-state index is 15.1. The normalized spacial score (nSPS) is 11.9. The Bertz CT molecular complexity index is 2950. The SMILES string of the molecule is O=P(c1ccccc1)(c1ccccc1)c1cccc(-c2ccc3oc4ccc(-c5cccc(-c6cccc7c6oc6ccccc67)c5)cc4c3c2)c1. The van der Waals surface area contributed by atoms with Crippen LogP contribution in [0.1, 0.15) is 0 Å². The molecule has 0 radical (unpaired) electrons. The van der Waals surface area contributed by atoms with E-state index in [2.05, 4.69) is 97.1 Å². The van der Waals surface area contributed by atoms with Gasteiger partial charge in [-0.3, -0.25) is 0 Å². The monoisotopic (exact) mass is 686 g/mol. The Hall–Kier alpha value is -6.41. The van der Waals surface area contributed by atoms with E-state index >= 15 is 4.57 Å². The van der Waals surface area contributed by atoms with Gasteiger partial charge in [0.05, 0.1) is 0 Å². The molecule has 0 bridgehead atoms. The van der Waals surface area contributed by atoms with Crippen LogP contribution in [0.2, 0.25) is 0 Å². The average Bonchev–Trinajstić information content (AvgIpc) is 3.79. The fourth-order valence-corrected chi connectivity index (χ4v) is 10.3. The zero-order valence-electron chi connectivity index (χ0n) is 28.1. The minimum Gasteiger partial charge on any atom is -0.456 e. The number of hydrogen-bond donors (Lipinski definition) is 0. The second-order valence-corrected chi connectivity index (χ2v) is 16.0. The van der Waals surface area contributed by atoms with Crippen molar-refractivity contribution in [1.82, 2.24) is 0 Å². The number of furan rings is 2. The Labute approximate surface area is 300 Å². The van der Waals surface area contributed by atoms with Gasteiger partial charge in [0.1, 0.15) is 22.3 Å². The largest absolute Gasteiger partial charge is 0.456 e. The highest BCUT2D eigenvalue weighted by Gasteiger charge is 2.29. The van der Waals surface area contributed by atoms with E-state index in [-0.39, 0.29) is 0 Å². The van der Waals surface area contributed by atoms with Crippen molar-refractivity contribution in [3.8, 4) is 33.4 Å². The zero-order chi connectivity index (χ0) is 34.6. The second kappa shape index (κ2) is 12.1. The van der Waals surface area contributed by atoms with E-state index in [1.54, 1.807) is 0 Å². The van der Waals surface area contributed by atoms with Crippen molar-refractivity contribution in [2.24, 2.45) is 0 Å². The van der Waals surface area contributed by atoms with Crippen molar-refractivity contribution in [2.45, 2.75) is 0 Å². The molecule has 0 spiro atoms. The first kappa shape index (κ1) is 30.4. The van der Waals surface area contributed by atoms with Crippen LogP contribution in [0.25, 0.3) is 77.3 Å². The van der Waals surface area contributed by atoms with E-state index in [1.165, 1.54) is 0 Å². The van der Waals surface area contributed by atoms with Crippen molar-refractivity contribution in [3.05, 3.63) is 188 Å². The molecular weight excluding hydrogens is 655 g/mol. The lowest BCUT2D eigenvalue weighted by Gasteiger charge is -2.20. The van der Waals surface area contributed by atoms with Gasteiger partial charge in [0.25, 0.3) is 0 Å². The van der Waals surface area contributed by atoms with Crippen molar-refractivity contribution >= 4 is 66.9 Å². The summed E-state index contributed by atoms with van der Waals surface area (Å²) >= 11 is 0. The Morgan fingerprint density at radius 1 is 0.327 bits per heavy atom. The van der Waals surface area contributed by atoms with Crippen LogP contribution < -0.4 is 15.9 Å². The molecule has 8 aromatic carbocycles. The van der Waals surface area contributed by atoms with Crippen molar-refractivity contribution in [2.75, 3.05) is 0 Å². The van der Waals surface area contributed by atoms with Crippen LogP contribution in [0.15, 0.2) is 197 Å². The van der Waals surface area contributed by atoms with Gasteiger partial charge in [-0.25, -0.2) is 0 Å². The number of hydrogen-bond acceptors (Lipinski definition) is 3. The van der Waals surface area contributed by atoms with E-state index in [1.807, 2.05) is 91.0 Å². The topological polar surface area (TPSA) is 43.4 Å². The quantitative estimate of drug-likeness (QED) is 0.164. The van der Waals surface area contributed by atoms with Gasteiger partial charge in [-0.1, -0.05) is 146 Å². The summed E-state index contributed by atoms with van der Waals surface area (Å²) < 4.78 is 27.8. The van der Waals surface area contributed by atoms with Gasteiger partial charge in [-0.2, -0.15) is 0 Å². The van der Waals surface area contributed by atoms with E-state index in [0.717, 1.165) is 93.2 Å². The summed E-state index contributed by atoms with van der Waals surface area (Å²) in [5.74, 6) is 0. The molecule has 0 atom stereocenters. The summed E-state index contributed by atoms with van der Waals surface area (Å²) in [6.45, 7) is 0. The zero-order valence-corrected chi connectivity index (χ0v) is 29.0. The number of benzene rings is 8. The molecule has 10 rings (SSSR count). The van der Waals surface area contributed by atoms with Gasteiger partial charge in [-0.15, -0.1) is 0 Å². The molecule has 2 aromatic heterocycles. The average molecular weight is 687 g/mol. The first-order valence-corrected chi connectivity index (χ1v) is 19.1. The molecule has 0 saturated heterocycles. The molecule has 2 heterocycles. The molecule has 0 aliphatic carbocycles. The van der Waals surface area contributed by atoms with E-state index < -0.39 is 7.14 Å². The second-order valence-electron chi connectivity index (χ2n) is 13.2. The lowest BCUT2D eigenvalue weighted by Crippen LogP contribution is -2.25. The third kappa shape index (κ3) is 4.93. The summed E-state index contributed by atoms with van der Waals surface area (Å²) in [5, 5.41) is 6.78. The molecule has 246 valence electrons. The van der Waals surface area contributed by atoms with Crippen LogP contribution in [0.4, 0.5) is 0 Å². The van der Waals surface area contributed by atoms with Crippen LogP contribution >= 0.6 is 7.14 Å². The minimum atomic E-state index is -3.11. The van der Waals surface area contributed by atoms with Gasteiger partial charge >= 0.3 is 0 Å². The fraction of sp³-hybridized carbons (Fsp3) is 0. The molecule has 0 unspecified atom stereocenters. The molecule has 0 fully saturated rings. The van der Waals surface area contributed by atoms with E-state index in [4.69, 9.17) is 8.83 Å². The maximum Gasteiger partial charge on any atom is 0.171 e. The first-order chi connectivity index (χ1) is 25.6. The molecule has 4 heteroatoms. The van der Waals surface area contributed by atoms with Crippen LogP contribution in [0.3, 0.4) is 0 Å². The molecule has 3 nitrogen and oxygen atoms in total. The molecule has 10 aromatic rings. The fourth-order valence-electron chi connectivity index (χ4n) is 7.58. The highest BCUT2D eigenvalue weighted by molar-refractivity contribution is 7.85.